The molecule has 0 unspecified atom stereocenters. The molecule has 98 valence electrons. The molecule has 0 spiro atoms. The van der Waals surface area contributed by atoms with Crippen LogP contribution in [0.25, 0.3) is 0 Å². The fraction of sp³-hybridized carbons (Fsp3) is 0.364. The number of hydrogen-bond donors (Lipinski definition) is 1. The molecule has 5 nitrogen and oxygen atoms in total. The maximum absolute atomic E-state index is 11.8. The van der Waals surface area contributed by atoms with Crippen LogP contribution in [0, 0.1) is 11.3 Å². The van der Waals surface area contributed by atoms with Crippen LogP contribution in [0.3, 0.4) is 0 Å². The molecule has 0 atom stereocenters. The number of halogens is 1. The van der Waals surface area contributed by atoms with E-state index in [4.69, 9.17) is 21.6 Å². The normalized spacial score (nSPS) is 11.2. The molecule has 0 saturated heterocycles. The van der Waals surface area contributed by atoms with Crippen LogP contribution in [0.2, 0.25) is 5.02 Å². The SMILES string of the molecule is CCOCCNS(=O)(=O)c1ccc(C#N)c(Cl)c1. The van der Waals surface area contributed by atoms with Crippen LogP contribution in [-0.4, -0.2) is 28.2 Å². The minimum absolute atomic E-state index is 0.0306. The Morgan fingerprint density at radius 2 is 2.22 bits per heavy atom. The van der Waals surface area contributed by atoms with E-state index in [-0.39, 0.29) is 22.0 Å². The first kappa shape index (κ1) is 14.9. The number of ether oxygens (including phenoxy) is 1. The molecule has 7 heteroatoms. The molecule has 1 aromatic carbocycles. The van der Waals surface area contributed by atoms with E-state index in [0.29, 0.717) is 13.2 Å². The molecular formula is C11H13ClN2O3S. The average molecular weight is 289 g/mol. The number of rotatable bonds is 6. The Labute approximate surface area is 111 Å². The molecule has 0 aromatic heterocycles. The maximum atomic E-state index is 11.8. The third-order valence-electron chi connectivity index (χ3n) is 2.11. The summed E-state index contributed by atoms with van der Waals surface area (Å²) in [5.74, 6) is 0. The molecule has 0 aliphatic heterocycles. The van der Waals surface area contributed by atoms with Gasteiger partial charge in [0.1, 0.15) is 6.07 Å². The summed E-state index contributed by atoms with van der Waals surface area (Å²) in [6.07, 6.45) is 0. The van der Waals surface area contributed by atoms with Gasteiger partial charge in [-0.3, -0.25) is 0 Å². The van der Waals surface area contributed by atoms with Crippen molar-refractivity contribution in [3.05, 3.63) is 28.8 Å². The Balaban J connectivity index is 2.80. The van der Waals surface area contributed by atoms with Gasteiger partial charge in [-0.25, -0.2) is 13.1 Å². The minimum Gasteiger partial charge on any atom is -0.380 e. The monoisotopic (exact) mass is 288 g/mol. The molecule has 0 aliphatic carbocycles. The first-order valence-corrected chi connectivity index (χ1v) is 7.14. The number of sulfonamides is 1. The van der Waals surface area contributed by atoms with Gasteiger partial charge < -0.3 is 4.74 Å². The van der Waals surface area contributed by atoms with Gasteiger partial charge in [0.05, 0.1) is 22.1 Å². The van der Waals surface area contributed by atoms with Crippen LogP contribution < -0.4 is 4.72 Å². The zero-order valence-electron chi connectivity index (χ0n) is 9.81. The van der Waals surface area contributed by atoms with Crippen molar-refractivity contribution in [3.63, 3.8) is 0 Å². The molecule has 0 radical (unpaired) electrons. The largest absolute Gasteiger partial charge is 0.380 e. The van der Waals surface area contributed by atoms with Crippen LogP contribution in [0.15, 0.2) is 23.1 Å². The predicted octanol–water partition coefficient (Wildman–Crippen LogP) is 1.53. The van der Waals surface area contributed by atoms with Crippen molar-refractivity contribution in [2.45, 2.75) is 11.8 Å². The highest BCUT2D eigenvalue weighted by Gasteiger charge is 2.14. The number of nitrogens with zero attached hydrogens (tertiary/aromatic N) is 1. The van der Waals surface area contributed by atoms with Crippen LogP contribution in [-0.2, 0) is 14.8 Å². The van der Waals surface area contributed by atoms with Gasteiger partial charge in [0.2, 0.25) is 10.0 Å². The van der Waals surface area contributed by atoms with E-state index in [2.05, 4.69) is 4.72 Å². The van der Waals surface area contributed by atoms with Crippen LogP contribution in [0.1, 0.15) is 12.5 Å². The molecule has 18 heavy (non-hydrogen) atoms. The molecule has 1 N–H and O–H groups in total. The Bertz CT molecular complexity index is 552. The van der Waals surface area contributed by atoms with Crippen molar-refractivity contribution >= 4 is 21.6 Å². The van der Waals surface area contributed by atoms with Gasteiger partial charge >= 0.3 is 0 Å². The highest BCUT2D eigenvalue weighted by atomic mass is 35.5. The van der Waals surface area contributed by atoms with Gasteiger partial charge in [0, 0.05) is 13.2 Å². The summed E-state index contributed by atoms with van der Waals surface area (Å²) >= 11 is 5.78. The molecule has 1 rings (SSSR count). The number of nitrogens with one attached hydrogen (secondary N) is 1. The Hall–Kier alpha value is -1.13. The summed E-state index contributed by atoms with van der Waals surface area (Å²) in [4.78, 5) is 0.0306. The number of benzene rings is 1. The summed E-state index contributed by atoms with van der Waals surface area (Å²) in [5.41, 5.74) is 0.241. The van der Waals surface area contributed by atoms with Crippen LogP contribution in [0.5, 0.6) is 0 Å². The number of hydrogen-bond acceptors (Lipinski definition) is 4. The van der Waals surface area contributed by atoms with Gasteiger partial charge in [-0.2, -0.15) is 5.26 Å². The van der Waals surface area contributed by atoms with Crippen molar-refractivity contribution in [3.8, 4) is 6.07 Å². The fourth-order valence-electron chi connectivity index (χ4n) is 1.23. The van der Waals surface area contributed by atoms with Crippen LogP contribution in [0.4, 0.5) is 0 Å². The molecule has 0 heterocycles. The lowest BCUT2D eigenvalue weighted by atomic mass is 10.2. The lowest BCUT2D eigenvalue weighted by molar-refractivity contribution is 0.153. The smallest absolute Gasteiger partial charge is 0.240 e. The van der Waals surface area contributed by atoms with E-state index < -0.39 is 10.0 Å². The van der Waals surface area contributed by atoms with E-state index in [1.54, 1.807) is 0 Å². The third-order valence-corrected chi connectivity index (χ3v) is 3.89. The molecule has 1 aromatic rings. The quantitative estimate of drug-likeness (QED) is 0.805. The Morgan fingerprint density at radius 3 is 2.78 bits per heavy atom. The summed E-state index contributed by atoms with van der Waals surface area (Å²) in [6, 6.07) is 5.83. The van der Waals surface area contributed by atoms with Crippen molar-refractivity contribution in [1.82, 2.24) is 4.72 Å². The minimum atomic E-state index is -3.61. The van der Waals surface area contributed by atoms with Crippen molar-refractivity contribution in [2.24, 2.45) is 0 Å². The van der Waals surface area contributed by atoms with Crippen molar-refractivity contribution < 1.29 is 13.2 Å². The molecule has 0 saturated carbocycles. The fourth-order valence-corrected chi connectivity index (χ4v) is 2.56. The molecule has 0 aliphatic rings. The summed E-state index contributed by atoms with van der Waals surface area (Å²) in [7, 11) is -3.61. The predicted molar refractivity (Wildman–Crippen MR) is 67.8 cm³/mol. The van der Waals surface area contributed by atoms with E-state index >= 15 is 0 Å². The molecule has 0 amide bonds. The Morgan fingerprint density at radius 1 is 1.50 bits per heavy atom. The van der Waals surface area contributed by atoms with Gasteiger partial charge in [0.15, 0.2) is 0 Å². The first-order valence-electron chi connectivity index (χ1n) is 5.28. The van der Waals surface area contributed by atoms with Gasteiger partial charge in [-0.15, -0.1) is 0 Å². The maximum Gasteiger partial charge on any atom is 0.240 e. The van der Waals surface area contributed by atoms with Crippen LogP contribution >= 0.6 is 11.6 Å². The Kier molecular flexibility index (Phi) is 5.56. The second kappa shape index (κ2) is 6.71. The van der Waals surface area contributed by atoms with Crippen molar-refractivity contribution in [1.29, 1.82) is 5.26 Å². The first-order chi connectivity index (χ1) is 8.51. The molecule has 0 bridgehead atoms. The molecular weight excluding hydrogens is 276 g/mol. The lowest BCUT2D eigenvalue weighted by Crippen LogP contribution is -2.27. The van der Waals surface area contributed by atoms with Crippen molar-refractivity contribution in [2.75, 3.05) is 19.8 Å². The number of nitriles is 1. The third kappa shape index (κ3) is 3.96. The second-order valence-electron chi connectivity index (χ2n) is 3.35. The summed E-state index contributed by atoms with van der Waals surface area (Å²) in [5, 5.41) is 8.81. The average Bonchev–Trinajstić information content (AvgIpc) is 2.34. The second-order valence-corrected chi connectivity index (χ2v) is 5.52. The van der Waals surface area contributed by atoms with E-state index in [1.165, 1.54) is 18.2 Å². The van der Waals surface area contributed by atoms with Gasteiger partial charge in [-0.05, 0) is 25.1 Å². The van der Waals surface area contributed by atoms with Gasteiger partial charge in [0.25, 0.3) is 0 Å². The van der Waals surface area contributed by atoms with E-state index in [9.17, 15) is 8.42 Å². The highest BCUT2D eigenvalue weighted by Crippen LogP contribution is 2.19. The molecule has 0 fully saturated rings. The zero-order valence-corrected chi connectivity index (χ0v) is 11.4. The highest BCUT2D eigenvalue weighted by molar-refractivity contribution is 7.89. The van der Waals surface area contributed by atoms with Gasteiger partial charge in [-0.1, -0.05) is 11.6 Å². The summed E-state index contributed by atoms with van der Waals surface area (Å²) < 4.78 is 31.1. The van der Waals surface area contributed by atoms with E-state index in [0.717, 1.165) is 0 Å². The van der Waals surface area contributed by atoms with E-state index in [1.807, 2.05) is 13.0 Å². The topological polar surface area (TPSA) is 79.2 Å². The zero-order chi connectivity index (χ0) is 13.6. The lowest BCUT2D eigenvalue weighted by Gasteiger charge is -2.07. The standard InChI is InChI=1S/C11H13ClN2O3S/c1-2-17-6-5-14-18(15,16)10-4-3-9(8-13)11(12)7-10/h3-4,7,14H,2,5-6H2,1H3. The summed E-state index contributed by atoms with van der Waals surface area (Å²) in [6.45, 7) is 2.85.